The van der Waals surface area contributed by atoms with Gasteiger partial charge >= 0.3 is 13.6 Å². The third kappa shape index (κ3) is 9.96. The Morgan fingerprint density at radius 3 is 1.33 bits per heavy atom. The number of benzene rings is 2. The van der Waals surface area contributed by atoms with E-state index in [2.05, 4.69) is 0 Å². The Labute approximate surface area is 232 Å². The van der Waals surface area contributed by atoms with E-state index in [1.165, 1.54) is 22.8 Å². The Balaban J connectivity index is 2.22. The van der Waals surface area contributed by atoms with Crippen molar-refractivity contribution >= 4 is 65.1 Å². The van der Waals surface area contributed by atoms with E-state index in [1.807, 2.05) is 13.8 Å². The average Bonchev–Trinajstić information content (AvgIpc) is 2.84. The molecule has 6 nitrogen and oxygen atoms in total. The molecule has 2 unspecified atom stereocenters. The first-order valence-corrected chi connectivity index (χ1v) is 18.6. The van der Waals surface area contributed by atoms with Crippen LogP contribution in [0.4, 0.5) is 0 Å². The highest BCUT2D eigenvalue weighted by molar-refractivity contribution is 8.55. The lowest BCUT2D eigenvalue weighted by atomic mass is 9.99. The first kappa shape index (κ1) is 31.7. The maximum Gasteiger partial charge on any atom is 0.440 e. The zero-order chi connectivity index (χ0) is 26.6. The minimum absolute atomic E-state index is 0.0781. The molecule has 0 N–H and O–H groups in total. The summed E-state index contributed by atoms with van der Waals surface area (Å²) in [6, 6.07) is 13.9. The van der Waals surface area contributed by atoms with Crippen molar-refractivity contribution in [2.24, 2.45) is 0 Å². The van der Waals surface area contributed by atoms with E-state index in [-0.39, 0.29) is 17.7 Å². The lowest BCUT2D eigenvalue weighted by molar-refractivity contribution is 0.295. The van der Waals surface area contributed by atoms with Crippen LogP contribution in [0.1, 0.15) is 51.7 Å². The molecule has 0 radical (unpaired) electrons. The summed E-state index contributed by atoms with van der Waals surface area (Å²) in [6.07, 6.45) is 1.72. The highest BCUT2D eigenvalue weighted by Crippen LogP contribution is 2.61. The quantitative estimate of drug-likeness (QED) is 0.173. The summed E-state index contributed by atoms with van der Waals surface area (Å²) in [6.45, 7) is 1.53. The van der Waals surface area contributed by atoms with Crippen LogP contribution in [-0.2, 0) is 18.2 Å². The molecule has 0 saturated carbocycles. The minimum Gasteiger partial charge on any atom is -0.417 e. The van der Waals surface area contributed by atoms with E-state index in [0.29, 0.717) is 28.6 Å². The highest BCUT2D eigenvalue weighted by Gasteiger charge is 2.27. The second-order valence-corrected chi connectivity index (χ2v) is 16.4. The monoisotopic (exact) mass is 612 g/mol. The molecule has 36 heavy (non-hydrogen) atoms. The summed E-state index contributed by atoms with van der Waals surface area (Å²) >= 11 is 14.9. The number of rotatable bonds is 16. The van der Waals surface area contributed by atoms with Gasteiger partial charge in [-0.1, -0.05) is 61.3 Å². The van der Waals surface area contributed by atoms with Gasteiger partial charge in [0.05, 0.1) is 13.2 Å². The molecule has 0 aliphatic rings. The van der Waals surface area contributed by atoms with Gasteiger partial charge in [-0.05, 0) is 84.8 Å². The van der Waals surface area contributed by atoms with Gasteiger partial charge in [0.25, 0.3) is 0 Å². The van der Waals surface area contributed by atoms with E-state index in [1.54, 1.807) is 62.4 Å². The summed E-state index contributed by atoms with van der Waals surface area (Å²) in [5, 5.41) is 0. The molecule has 0 heterocycles. The predicted octanol–water partition coefficient (Wildman–Crippen LogP) is 10.2. The van der Waals surface area contributed by atoms with Crippen LogP contribution in [0.5, 0.6) is 11.5 Å². The summed E-state index contributed by atoms with van der Waals surface area (Å²) in [5.74, 6) is 2.18. The van der Waals surface area contributed by atoms with Crippen LogP contribution in [0.3, 0.4) is 0 Å². The van der Waals surface area contributed by atoms with E-state index in [9.17, 15) is 9.13 Å². The van der Waals surface area contributed by atoms with Gasteiger partial charge < -0.3 is 9.05 Å². The van der Waals surface area contributed by atoms with Crippen LogP contribution in [0.25, 0.3) is 5.57 Å². The molecule has 0 amide bonds. The largest absolute Gasteiger partial charge is 0.440 e. The fourth-order valence-corrected chi connectivity index (χ4v) is 10.3. The van der Waals surface area contributed by atoms with Crippen molar-refractivity contribution in [2.75, 3.05) is 24.7 Å². The van der Waals surface area contributed by atoms with Crippen LogP contribution in [0.15, 0.2) is 53.0 Å². The SMILES string of the molecule is CCCSP(=O)(OCC)Oc1ccc(C(=C(Cl)Cl)c2ccc(OP(=O)(OCC)SCCC)cc2)cc1. The standard InChI is InChI=1S/C24H32Cl2O6P2S2/c1-5-17-35-33(27,29-7-3)31-21-13-9-19(10-14-21)23(24(25)26)20-11-15-22(16-12-20)32-34(28,30-8-4)36-18-6-2/h9-16H,5-8,17-18H2,1-4H3. The minimum atomic E-state index is -3.31. The molecule has 2 atom stereocenters. The van der Waals surface area contributed by atoms with Crippen molar-refractivity contribution in [3.8, 4) is 11.5 Å². The van der Waals surface area contributed by atoms with Crippen molar-refractivity contribution in [1.29, 1.82) is 0 Å². The van der Waals surface area contributed by atoms with Gasteiger partial charge in [-0.3, -0.25) is 9.05 Å². The van der Waals surface area contributed by atoms with Crippen molar-refractivity contribution < 1.29 is 27.2 Å². The summed E-state index contributed by atoms with van der Waals surface area (Å²) in [7, 11) is 0. The molecule has 0 saturated heterocycles. The topological polar surface area (TPSA) is 71.1 Å². The maximum atomic E-state index is 12.9. The van der Waals surface area contributed by atoms with Gasteiger partial charge in [0.1, 0.15) is 16.0 Å². The first-order chi connectivity index (χ1) is 17.2. The summed E-state index contributed by atoms with van der Waals surface area (Å²) in [5.41, 5.74) is 2.07. The lowest BCUT2D eigenvalue weighted by Crippen LogP contribution is -1.97. The Kier molecular flexibility index (Phi) is 13.9. The van der Waals surface area contributed by atoms with Crippen LogP contribution in [-0.4, -0.2) is 24.7 Å². The number of hydrogen-bond acceptors (Lipinski definition) is 8. The third-order valence-corrected chi connectivity index (χ3v) is 12.7. The molecule has 0 bridgehead atoms. The van der Waals surface area contributed by atoms with Crippen LogP contribution >= 0.6 is 59.6 Å². The van der Waals surface area contributed by atoms with Crippen molar-refractivity contribution in [3.05, 3.63) is 64.1 Å². The normalized spacial score (nSPS) is 14.5. The van der Waals surface area contributed by atoms with Crippen LogP contribution in [0.2, 0.25) is 0 Å². The van der Waals surface area contributed by atoms with Crippen molar-refractivity contribution in [3.63, 3.8) is 0 Å². The molecule has 0 spiro atoms. The van der Waals surface area contributed by atoms with E-state index in [4.69, 9.17) is 41.3 Å². The first-order valence-electron chi connectivity index (χ1n) is 11.6. The maximum absolute atomic E-state index is 12.9. The Morgan fingerprint density at radius 1 is 0.694 bits per heavy atom. The average molecular weight is 614 g/mol. The zero-order valence-corrected chi connectivity index (χ0v) is 25.7. The Bertz CT molecular complexity index is 998. The second kappa shape index (κ2) is 15.8. The Hall–Kier alpha value is -0.560. The highest BCUT2D eigenvalue weighted by atomic mass is 35.5. The zero-order valence-electron chi connectivity index (χ0n) is 20.8. The molecule has 0 fully saturated rings. The molecule has 12 heteroatoms. The van der Waals surface area contributed by atoms with Crippen molar-refractivity contribution in [2.45, 2.75) is 40.5 Å². The van der Waals surface area contributed by atoms with Crippen LogP contribution in [0, 0.1) is 0 Å². The van der Waals surface area contributed by atoms with Gasteiger partial charge in [0, 0.05) is 17.1 Å². The van der Waals surface area contributed by atoms with E-state index < -0.39 is 13.6 Å². The molecular formula is C24H32Cl2O6P2S2. The van der Waals surface area contributed by atoms with Gasteiger partial charge in [-0.2, -0.15) is 0 Å². The fraction of sp³-hybridized carbons (Fsp3) is 0.417. The van der Waals surface area contributed by atoms with Gasteiger partial charge in [-0.25, -0.2) is 9.13 Å². The summed E-state index contributed by atoms with van der Waals surface area (Å²) < 4.78 is 48.2. The van der Waals surface area contributed by atoms with E-state index in [0.717, 1.165) is 24.0 Å². The van der Waals surface area contributed by atoms with Gasteiger partial charge in [-0.15, -0.1) is 0 Å². The number of halogens is 2. The molecule has 0 aliphatic carbocycles. The van der Waals surface area contributed by atoms with E-state index >= 15 is 0 Å². The lowest BCUT2D eigenvalue weighted by Gasteiger charge is -2.18. The molecule has 200 valence electrons. The molecule has 0 aromatic heterocycles. The van der Waals surface area contributed by atoms with Crippen molar-refractivity contribution in [1.82, 2.24) is 0 Å². The number of hydrogen-bond donors (Lipinski definition) is 0. The molecule has 2 aromatic carbocycles. The third-order valence-electron chi connectivity index (χ3n) is 4.39. The molecular weight excluding hydrogens is 581 g/mol. The molecule has 2 aromatic rings. The molecule has 2 rings (SSSR count). The fourth-order valence-electron chi connectivity index (χ4n) is 2.91. The predicted molar refractivity (Wildman–Crippen MR) is 156 cm³/mol. The molecule has 0 aliphatic heterocycles. The van der Waals surface area contributed by atoms with Gasteiger partial charge in [0.15, 0.2) is 0 Å². The smallest absolute Gasteiger partial charge is 0.417 e. The van der Waals surface area contributed by atoms with Crippen LogP contribution < -0.4 is 9.05 Å². The Morgan fingerprint density at radius 2 is 1.06 bits per heavy atom. The summed E-state index contributed by atoms with van der Waals surface area (Å²) in [4.78, 5) is 0. The second-order valence-electron chi connectivity index (χ2n) is 7.26. The van der Waals surface area contributed by atoms with Gasteiger partial charge in [0.2, 0.25) is 0 Å².